The molecule has 3 N–H and O–H groups in total. The second-order valence-electron chi connectivity index (χ2n) is 7.95. The summed E-state index contributed by atoms with van der Waals surface area (Å²) in [6.45, 7) is 0.137. The van der Waals surface area contributed by atoms with Crippen LogP contribution in [0.15, 0.2) is 29.1 Å². The van der Waals surface area contributed by atoms with Crippen LogP contribution in [0.5, 0.6) is 0 Å². The molecule has 1 saturated heterocycles. The molecule has 1 aliphatic carbocycles. The number of aromatic nitrogens is 2. The molecular formula is C20H24N6O4. The van der Waals surface area contributed by atoms with Gasteiger partial charge in [0.1, 0.15) is 11.4 Å². The molecular weight excluding hydrogens is 388 g/mol. The molecule has 2 aliphatic rings. The lowest BCUT2D eigenvalue weighted by Gasteiger charge is -2.30. The Morgan fingerprint density at radius 2 is 1.93 bits per heavy atom. The van der Waals surface area contributed by atoms with Crippen LogP contribution in [-0.4, -0.2) is 56.9 Å². The van der Waals surface area contributed by atoms with Crippen molar-refractivity contribution in [3.63, 3.8) is 0 Å². The van der Waals surface area contributed by atoms with Crippen LogP contribution in [-0.2, 0) is 16.1 Å². The molecule has 1 spiro atoms. The first kappa shape index (κ1) is 20.0. The number of carbonyl (C=O) groups excluding carboxylic acids is 3. The molecule has 0 bridgehead atoms. The van der Waals surface area contributed by atoms with Crippen molar-refractivity contribution in [3.05, 3.63) is 40.4 Å². The van der Waals surface area contributed by atoms with Gasteiger partial charge in [0.05, 0.1) is 24.0 Å². The van der Waals surface area contributed by atoms with Gasteiger partial charge in [-0.05, 0) is 32.0 Å². The number of hydrazine groups is 1. The minimum Gasteiger partial charge on any atom is -0.322 e. The van der Waals surface area contributed by atoms with E-state index >= 15 is 0 Å². The number of aromatic amines is 1. The highest BCUT2D eigenvalue weighted by molar-refractivity contribution is 6.08. The number of rotatable bonds is 5. The van der Waals surface area contributed by atoms with E-state index in [1.807, 2.05) is 0 Å². The van der Waals surface area contributed by atoms with E-state index in [1.54, 1.807) is 36.2 Å². The highest BCUT2D eigenvalue weighted by atomic mass is 16.2. The van der Waals surface area contributed by atoms with Crippen molar-refractivity contribution in [2.45, 2.75) is 44.2 Å². The van der Waals surface area contributed by atoms with Gasteiger partial charge >= 0.3 is 6.03 Å². The van der Waals surface area contributed by atoms with Crippen LogP contribution < -0.4 is 16.3 Å². The van der Waals surface area contributed by atoms with E-state index in [4.69, 9.17) is 0 Å². The number of fused-ring (bicyclic) bond motifs is 1. The van der Waals surface area contributed by atoms with Gasteiger partial charge in [0.25, 0.3) is 17.4 Å². The molecule has 1 saturated carbocycles. The van der Waals surface area contributed by atoms with Crippen LogP contribution in [0.25, 0.3) is 10.9 Å². The molecule has 1 aromatic carbocycles. The third-order valence-corrected chi connectivity index (χ3v) is 5.60. The average molecular weight is 412 g/mol. The van der Waals surface area contributed by atoms with Gasteiger partial charge in [0, 0.05) is 0 Å². The standard InChI is InChI=1S/C20H24N6O4/c1-25(11-15-21-14-8-4-3-7-13(14)17(28)22-15)12-16(27)24-26-18(29)20(23-19(26)30)9-5-2-6-10-20/h3-4,7-8H,2,5-6,9-12H2,1H3,(H,23,30)(H,24,27)(H,21,22,28). The SMILES string of the molecule is CN(CC(=O)NN1C(=O)NC2(CCCCC2)C1=O)Cc1nc2ccccc2c(=O)[nH]1. The summed E-state index contributed by atoms with van der Waals surface area (Å²) in [5.41, 5.74) is 1.85. The van der Waals surface area contributed by atoms with Gasteiger partial charge in [-0.25, -0.2) is 9.78 Å². The van der Waals surface area contributed by atoms with Crippen LogP contribution in [0.1, 0.15) is 37.9 Å². The molecule has 30 heavy (non-hydrogen) atoms. The van der Waals surface area contributed by atoms with Crippen molar-refractivity contribution < 1.29 is 14.4 Å². The monoisotopic (exact) mass is 412 g/mol. The number of nitrogens with one attached hydrogen (secondary N) is 3. The summed E-state index contributed by atoms with van der Waals surface area (Å²) in [5, 5.41) is 4.04. The zero-order valence-electron chi connectivity index (χ0n) is 16.7. The van der Waals surface area contributed by atoms with Crippen LogP contribution in [0, 0.1) is 0 Å². The summed E-state index contributed by atoms with van der Waals surface area (Å²) in [6, 6.07) is 6.41. The van der Waals surface area contributed by atoms with Gasteiger partial charge in [-0.1, -0.05) is 31.4 Å². The number of benzene rings is 1. The molecule has 10 nitrogen and oxygen atoms in total. The van der Waals surface area contributed by atoms with Crippen molar-refractivity contribution in [3.8, 4) is 0 Å². The van der Waals surface area contributed by atoms with Crippen molar-refractivity contribution in [1.29, 1.82) is 0 Å². The molecule has 0 radical (unpaired) electrons. The molecule has 4 rings (SSSR count). The van der Waals surface area contributed by atoms with Crippen molar-refractivity contribution in [1.82, 2.24) is 30.6 Å². The number of para-hydroxylation sites is 1. The van der Waals surface area contributed by atoms with Gasteiger partial charge < -0.3 is 10.3 Å². The van der Waals surface area contributed by atoms with E-state index < -0.39 is 23.4 Å². The number of hydrogen-bond donors (Lipinski definition) is 3. The Bertz CT molecular complexity index is 1060. The molecule has 158 valence electrons. The zero-order chi connectivity index (χ0) is 21.3. The van der Waals surface area contributed by atoms with Gasteiger partial charge in [-0.2, -0.15) is 5.01 Å². The molecule has 0 atom stereocenters. The largest absolute Gasteiger partial charge is 0.344 e. The Hall–Kier alpha value is -3.27. The molecule has 4 amide bonds. The van der Waals surface area contributed by atoms with E-state index in [-0.39, 0.29) is 18.6 Å². The molecule has 2 heterocycles. The van der Waals surface area contributed by atoms with Crippen LogP contribution in [0.4, 0.5) is 4.79 Å². The smallest absolute Gasteiger partial charge is 0.322 e. The quantitative estimate of drug-likeness (QED) is 0.619. The Labute approximate surface area is 172 Å². The maximum atomic E-state index is 12.7. The third-order valence-electron chi connectivity index (χ3n) is 5.60. The minimum absolute atomic E-state index is 0.0827. The Morgan fingerprint density at radius 1 is 1.20 bits per heavy atom. The second-order valence-corrected chi connectivity index (χ2v) is 7.95. The number of carbonyl (C=O) groups is 3. The predicted molar refractivity (Wildman–Crippen MR) is 108 cm³/mol. The fourth-order valence-corrected chi connectivity index (χ4v) is 4.14. The van der Waals surface area contributed by atoms with Crippen LogP contribution in [0.3, 0.4) is 0 Å². The Kier molecular flexibility index (Phi) is 5.25. The lowest BCUT2D eigenvalue weighted by atomic mass is 9.82. The number of amides is 4. The lowest BCUT2D eigenvalue weighted by molar-refractivity contribution is -0.140. The summed E-state index contributed by atoms with van der Waals surface area (Å²) in [6.07, 6.45) is 3.95. The van der Waals surface area contributed by atoms with Gasteiger partial charge in [0.2, 0.25) is 0 Å². The van der Waals surface area contributed by atoms with Crippen LogP contribution >= 0.6 is 0 Å². The minimum atomic E-state index is -0.886. The molecule has 1 aliphatic heterocycles. The van der Waals surface area contributed by atoms with E-state index in [0.29, 0.717) is 29.6 Å². The topological polar surface area (TPSA) is 128 Å². The summed E-state index contributed by atoms with van der Waals surface area (Å²) in [4.78, 5) is 58.3. The number of urea groups is 1. The highest BCUT2D eigenvalue weighted by Crippen LogP contribution is 2.32. The van der Waals surface area contributed by atoms with E-state index in [2.05, 4.69) is 20.7 Å². The Morgan fingerprint density at radius 3 is 2.70 bits per heavy atom. The number of hydrogen-bond acceptors (Lipinski definition) is 6. The molecule has 2 aromatic rings. The van der Waals surface area contributed by atoms with Gasteiger partial charge in [0.15, 0.2) is 0 Å². The summed E-state index contributed by atoms with van der Waals surface area (Å²) < 4.78 is 0. The first-order valence-electron chi connectivity index (χ1n) is 10.0. The first-order chi connectivity index (χ1) is 14.4. The number of imide groups is 1. The fraction of sp³-hybridized carbons (Fsp3) is 0.450. The molecule has 2 fully saturated rings. The third kappa shape index (κ3) is 3.78. The number of H-pyrrole nitrogens is 1. The lowest BCUT2D eigenvalue weighted by Crippen LogP contribution is -2.52. The summed E-state index contributed by atoms with van der Waals surface area (Å²) in [7, 11) is 1.68. The van der Waals surface area contributed by atoms with Gasteiger partial charge in [-0.3, -0.25) is 24.7 Å². The summed E-state index contributed by atoms with van der Waals surface area (Å²) >= 11 is 0. The molecule has 0 unspecified atom stereocenters. The van der Waals surface area contributed by atoms with E-state index in [0.717, 1.165) is 24.3 Å². The van der Waals surface area contributed by atoms with E-state index in [1.165, 1.54) is 0 Å². The van der Waals surface area contributed by atoms with Crippen molar-refractivity contribution >= 4 is 28.7 Å². The maximum Gasteiger partial charge on any atom is 0.344 e. The second kappa shape index (κ2) is 7.86. The first-order valence-corrected chi connectivity index (χ1v) is 10.0. The van der Waals surface area contributed by atoms with E-state index in [9.17, 15) is 19.2 Å². The van der Waals surface area contributed by atoms with Gasteiger partial charge in [-0.15, -0.1) is 0 Å². The molecule has 1 aromatic heterocycles. The highest BCUT2D eigenvalue weighted by Gasteiger charge is 2.52. The fourth-order valence-electron chi connectivity index (χ4n) is 4.14. The van der Waals surface area contributed by atoms with Crippen LogP contribution in [0.2, 0.25) is 0 Å². The summed E-state index contributed by atoms with van der Waals surface area (Å²) in [5.74, 6) is -0.481. The number of nitrogens with zero attached hydrogens (tertiary/aromatic N) is 3. The van der Waals surface area contributed by atoms with Crippen molar-refractivity contribution in [2.75, 3.05) is 13.6 Å². The van der Waals surface area contributed by atoms with Crippen molar-refractivity contribution in [2.24, 2.45) is 0 Å². The molecule has 10 heteroatoms. The zero-order valence-corrected chi connectivity index (χ0v) is 16.7. The number of likely N-dealkylation sites (N-methyl/N-ethyl adjacent to an activating group) is 1. The normalized spacial score (nSPS) is 18.3. The predicted octanol–water partition coefficient (Wildman–Crippen LogP) is 0.641. The Balaban J connectivity index is 1.38. The average Bonchev–Trinajstić information content (AvgIpc) is 2.92. The maximum absolute atomic E-state index is 12.7.